The van der Waals surface area contributed by atoms with Crippen LogP contribution in [0.3, 0.4) is 0 Å². The van der Waals surface area contributed by atoms with E-state index in [4.69, 9.17) is 4.74 Å². The molecule has 0 aliphatic heterocycles. The Morgan fingerprint density at radius 1 is 1.41 bits per heavy atom. The molecule has 1 aromatic carbocycles. The van der Waals surface area contributed by atoms with Crippen molar-refractivity contribution in [3.05, 3.63) is 29.6 Å². The summed E-state index contributed by atoms with van der Waals surface area (Å²) in [6.07, 6.45) is 3.48. The summed E-state index contributed by atoms with van der Waals surface area (Å²) in [4.78, 5) is 0. The van der Waals surface area contributed by atoms with Gasteiger partial charge >= 0.3 is 0 Å². The van der Waals surface area contributed by atoms with Gasteiger partial charge in [0.05, 0.1) is 7.11 Å². The van der Waals surface area contributed by atoms with Crippen LogP contribution in [0.1, 0.15) is 30.7 Å². The Labute approximate surface area is 102 Å². The first-order valence-electron chi connectivity index (χ1n) is 6.24. The molecule has 1 saturated carbocycles. The van der Waals surface area contributed by atoms with Gasteiger partial charge in [-0.1, -0.05) is 12.5 Å². The third-order valence-electron chi connectivity index (χ3n) is 3.73. The summed E-state index contributed by atoms with van der Waals surface area (Å²) in [5, 5.41) is 3.20. The zero-order valence-corrected chi connectivity index (χ0v) is 10.5. The van der Waals surface area contributed by atoms with Gasteiger partial charge in [-0.2, -0.15) is 0 Å². The quantitative estimate of drug-likeness (QED) is 0.869. The summed E-state index contributed by atoms with van der Waals surface area (Å²) in [5.41, 5.74) is 0.851. The average Bonchev–Trinajstić information content (AvgIpc) is 2.77. The smallest absolute Gasteiger partial charge is 0.130 e. The van der Waals surface area contributed by atoms with Gasteiger partial charge in [-0.15, -0.1) is 0 Å². The second-order valence-electron chi connectivity index (χ2n) is 4.74. The van der Waals surface area contributed by atoms with E-state index in [9.17, 15) is 4.39 Å². The lowest BCUT2D eigenvalue weighted by atomic mass is 9.88. The van der Waals surface area contributed by atoms with E-state index in [1.807, 2.05) is 19.2 Å². The van der Waals surface area contributed by atoms with Crippen molar-refractivity contribution >= 4 is 0 Å². The molecule has 0 saturated heterocycles. The van der Waals surface area contributed by atoms with E-state index in [-0.39, 0.29) is 5.82 Å². The summed E-state index contributed by atoms with van der Waals surface area (Å²) in [6.45, 7) is 0.968. The molecule has 1 aliphatic carbocycles. The molecule has 1 aliphatic rings. The van der Waals surface area contributed by atoms with Gasteiger partial charge in [-0.05, 0) is 49.9 Å². The van der Waals surface area contributed by atoms with Crippen LogP contribution in [0.25, 0.3) is 0 Å². The van der Waals surface area contributed by atoms with E-state index < -0.39 is 0 Å². The molecule has 2 unspecified atom stereocenters. The molecule has 0 bridgehead atoms. The molecule has 0 heterocycles. The van der Waals surface area contributed by atoms with Crippen LogP contribution in [0.4, 0.5) is 4.39 Å². The van der Waals surface area contributed by atoms with Gasteiger partial charge in [0.25, 0.3) is 0 Å². The molecule has 0 radical (unpaired) electrons. The van der Waals surface area contributed by atoms with Crippen LogP contribution in [-0.2, 0) is 0 Å². The number of methoxy groups -OCH3 is 1. The molecule has 1 fully saturated rings. The minimum atomic E-state index is -0.127. The highest BCUT2D eigenvalue weighted by Crippen LogP contribution is 2.40. The zero-order chi connectivity index (χ0) is 12.3. The van der Waals surface area contributed by atoms with Gasteiger partial charge in [0.2, 0.25) is 0 Å². The fraction of sp³-hybridized carbons (Fsp3) is 0.571. The molecule has 3 heteroatoms. The molecular formula is C14H20FNO. The molecule has 2 atom stereocenters. The topological polar surface area (TPSA) is 21.3 Å². The van der Waals surface area contributed by atoms with E-state index in [2.05, 4.69) is 5.32 Å². The van der Waals surface area contributed by atoms with Crippen molar-refractivity contribution < 1.29 is 9.13 Å². The van der Waals surface area contributed by atoms with Gasteiger partial charge < -0.3 is 10.1 Å². The van der Waals surface area contributed by atoms with Crippen LogP contribution >= 0.6 is 0 Å². The number of hydrogen-bond donors (Lipinski definition) is 1. The maximum absolute atomic E-state index is 14.0. The monoisotopic (exact) mass is 237 g/mol. The molecule has 17 heavy (non-hydrogen) atoms. The highest BCUT2D eigenvalue weighted by Gasteiger charge is 2.29. The summed E-state index contributed by atoms with van der Waals surface area (Å²) in [7, 11) is 3.52. The van der Waals surface area contributed by atoms with Crippen molar-refractivity contribution in [2.24, 2.45) is 5.92 Å². The maximum Gasteiger partial charge on any atom is 0.130 e. The molecule has 2 nitrogen and oxygen atoms in total. The first kappa shape index (κ1) is 12.4. The predicted octanol–water partition coefficient (Wildman–Crippen LogP) is 2.94. The van der Waals surface area contributed by atoms with Crippen LogP contribution < -0.4 is 10.1 Å². The lowest BCUT2D eigenvalue weighted by Gasteiger charge is -2.20. The van der Waals surface area contributed by atoms with E-state index in [1.165, 1.54) is 18.9 Å². The van der Waals surface area contributed by atoms with Crippen LogP contribution in [0, 0.1) is 11.7 Å². The fourth-order valence-electron chi connectivity index (χ4n) is 2.89. The maximum atomic E-state index is 14.0. The Bertz CT molecular complexity index is 380. The molecule has 94 valence electrons. The molecule has 0 aromatic heterocycles. The van der Waals surface area contributed by atoms with Gasteiger partial charge in [-0.3, -0.25) is 0 Å². The molecule has 1 aromatic rings. The molecule has 2 rings (SSSR count). The van der Waals surface area contributed by atoms with E-state index in [1.54, 1.807) is 7.11 Å². The molecular weight excluding hydrogens is 217 g/mol. The molecule has 0 spiro atoms. The van der Waals surface area contributed by atoms with Gasteiger partial charge in [-0.25, -0.2) is 4.39 Å². The number of hydrogen-bond acceptors (Lipinski definition) is 2. The standard InChI is InChI=1S/C14H20FNO/c1-16-9-10-4-3-5-12(10)13-7-6-11(17-2)8-14(13)15/h6-8,10,12,16H,3-5,9H2,1-2H3. The molecule has 0 amide bonds. The molecule has 1 N–H and O–H groups in total. The number of rotatable bonds is 4. The van der Waals surface area contributed by atoms with Crippen LogP contribution in [0.2, 0.25) is 0 Å². The van der Waals surface area contributed by atoms with Gasteiger partial charge in [0.1, 0.15) is 11.6 Å². The van der Waals surface area contributed by atoms with E-state index in [0.717, 1.165) is 18.5 Å². The Balaban J connectivity index is 2.21. The highest BCUT2D eigenvalue weighted by molar-refractivity contribution is 5.32. The Hall–Kier alpha value is -1.09. The summed E-state index contributed by atoms with van der Waals surface area (Å²) >= 11 is 0. The Morgan fingerprint density at radius 2 is 2.24 bits per heavy atom. The van der Waals surface area contributed by atoms with E-state index in [0.29, 0.717) is 17.6 Å². The second-order valence-corrected chi connectivity index (χ2v) is 4.74. The summed E-state index contributed by atoms with van der Waals surface area (Å²) in [6, 6.07) is 5.23. The number of benzene rings is 1. The van der Waals surface area contributed by atoms with Gasteiger partial charge in [0.15, 0.2) is 0 Å². The van der Waals surface area contributed by atoms with Crippen molar-refractivity contribution in [3.63, 3.8) is 0 Å². The number of halogens is 1. The SMILES string of the molecule is CNCC1CCCC1c1ccc(OC)cc1F. The van der Waals surface area contributed by atoms with Crippen LogP contribution in [0.15, 0.2) is 18.2 Å². The zero-order valence-electron chi connectivity index (χ0n) is 10.5. The number of ether oxygens (including phenoxy) is 1. The first-order valence-corrected chi connectivity index (χ1v) is 6.24. The fourth-order valence-corrected chi connectivity index (χ4v) is 2.89. The minimum Gasteiger partial charge on any atom is -0.497 e. The van der Waals surface area contributed by atoms with Crippen molar-refractivity contribution in [1.82, 2.24) is 5.32 Å². The average molecular weight is 237 g/mol. The third-order valence-corrected chi connectivity index (χ3v) is 3.73. The van der Waals surface area contributed by atoms with E-state index >= 15 is 0 Å². The lowest BCUT2D eigenvalue weighted by Crippen LogP contribution is -2.21. The Morgan fingerprint density at radius 3 is 2.88 bits per heavy atom. The van der Waals surface area contributed by atoms with Crippen LogP contribution in [-0.4, -0.2) is 20.7 Å². The number of nitrogens with one attached hydrogen (secondary N) is 1. The van der Waals surface area contributed by atoms with Crippen LogP contribution in [0.5, 0.6) is 5.75 Å². The highest BCUT2D eigenvalue weighted by atomic mass is 19.1. The Kier molecular flexibility index (Phi) is 4.00. The van der Waals surface area contributed by atoms with Crippen molar-refractivity contribution in [3.8, 4) is 5.75 Å². The summed E-state index contributed by atoms with van der Waals surface area (Å²) in [5.74, 6) is 1.38. The van der Waals surface area contributed by atoms with Gasteiger partial charge in [0, 0.05) is 6.07 Å². The second kappa shape index (κ2) is 5.50. The first-order chi connectivity index (χ1) is 8.26. The van der Waals surface area contributed by atoms with Crippen molar-refractivity contribution in [2.45, 2.75) is 25.2 Å². The third kappa shape index (κ3) is 2.60. The largest absolute Gasteiger partial charge is 0.497 e. The lowest BCUT2D eigenvalue weighted by molar-refractivity contribution is 0.407. The van der Waals surface area contributed by atoms with Crippen molar-refractivity contribution in [1.29, 1.82) is 0 Å². The normalized spacial score (nSPS) is 23.9. The van der Waals surface area contributed by atoms with Crippen molar-refractivity contribution in [2.75, 3.05) is 20.7 Å². The summed E-state index contributed by atoms with van der Waals surface area (Å²) < 4.78 is 19.0. The minimum absolute atomic E-state index is 0.127. The predicted molar refractivity (Wildman–Crippen MR) is 67.0 cm³/mol.